The molecule has 2 aromatic heterocycles. The Kier molecular flexibility index (Phi) is 3.96. The van der Waals surface area contributed by atoms with Crippen LogP contribution in [0.15, 0.2) is 23.2 Å². The van der Waals surface area contributed by atoms with Crippen molar-refractivity contribution < 1.29 is 32.3 Å². The van der Waals surface area contributed by atoms with Crippen molar-refractivity contribution in [2.75, 3.05) is 0 Å². The monoisotopic (exact) mass is 319 g/mol. The summed E-state index contributed by atoms with van der Waals surface area (Å²) in [4.78, 5) is 11.7. The summed E-state index contributed by atoms with van der Waals surface area (Å²) in [5.41, 5.74) is -2.83. The van der Waals surface area contributed by atoms with Gasteiger partial charge < -0.3 is 14.4 Å². The van der Waals surface area contributed by atoms with Crippen molar-refractivity contribution in [2.45, 2.75) is 32.2 Å². The third kappa shape index (κ3) is 3.64. The number of carbonyl (C=O) groups is 1. The second-order valence-electron chi connectivity index (χ2n) is 5.13. The van der Waals surface area contributed by atoms with Crippen molar-refractivity contribution in [3.8, 4) is 5.75 Å². The fraction of sp³-hybridized carbons (Fsp3) is 0.417. The van der Waals surface area contributed by atoms with E-state index in [9.17, 15) is 23.1 Å². The van der Waals surface area contributed by atoms with Gasteiger partial charge in [0.25, 0.3) is 0 Å². The van der Waals surface area contributed by atoms with Crippen molar-refractivity contribution in [2.24, 2.45) is 0 Å². The zero-order valence-corrected chi connectivity index (χ0v) is 11.6. The molecule has 120 valence electrons. The van der Waals surface area contributed by atoms with E-state index in [1.54, 1.807) is 0 Å². The normalized spacial score (nSPS) is 12.5. The first kappa shape index (κ1) is 16.0. The summed E-state index contributed by atoms with van der Waals surface area (Å²) < 4.78 is 49.1. The molecule has 0 amide bonds. The van der Waals surface area contributed by atoms with Crippen LogP contribution in [0.25, 0.3) is 0 Å². The molecule has 0 aliphatic rings. The van der Waals surface area contributed by atoms with E-state index >= 15 is 0 Å². The third-order valence-electron chi connectivity index (χ3n) is 2.48. The van der Waals surface area contributed by atoms with Crippen molar-refractivity contribution in [1.82, 2.24) is 14.9 Å². The zero-order valence-electron chi connectivity index (χ0n) is 11.6. The van der Waals surface area contributed by atoms with E-state index in [1.807, 2.05) is 0 Å². The van der Waals surface area contributed by atoms with E-state index in [0.717, 1.165) is 18.7 Å². The van der Waals surface area contributed by atoms with Crippen molar-refractivity contribution >= 4 is 5.97 Å². The lowest BCUT2D eigenvalue weighted by Crippen LogP contribution is -2.29. The van der Waals surface area contributed by atoms with Crippen molar-refractivity contribution in [3.05, 3.63) is 29.9 Å². The summed E-state index contributed by atoms with van der Waals surface area (Å²) >= 11 is 0. The zero-order chi connectivity index (χ0) is 16.5. The van der Waals surface area contributed by atoms with Crippen LogP contribution in [0.5, 0.6) is 5.75 Å². The molecule has 0 unspecified atom stereocenters. The number of aromatic nitrogens is 3. The average molecular weight is 319 g/mol. The Morgan fingerprint density at radius 3 is 2.59 bits per heavy atom. The first-order chi connectivity index (χ1) is 10.1. The lowest BCUT2D eigenvalue weighted by atomic mass is 10.1. The molecule has 2 rings (SSSR count). The quantitative estimate of drug-likeness (QED) is 0.865. The first-order valence-corrected chi connectivity index (χ1v) is 6.05. The van der Waals surface area contributed by atoms with E-state index in [0.29, 0.717) is 4.68 Å². The minimum atomic E-state index is -4.81. The van der Waals surface area contributed by atoms with Crippen LogP contribution < -0.4 is 4.74 Å². The fourth-order valence-corrected chi connectivity index (χ4v) is 1.68. The second kappa shape index (κ2) is 5.44. The number of aliphatic hydroxyl groups is 1. The molecule has 0 bridgehead atoms. The lowest BCUT2D eigenvalue weighted by Gasteiger charge is -2.19. The topological polar surface area (TPSA) is 90.4 Å². The average Bonchev–Trinajstić information content (AvgIpc) is 2.95. The molecule has 10 heteroatoms. The molecule has 7 nitrogen and oxygen atoms in total. The Labute approximate surface area is 122 Å². The molecule has 0 aromatic carbocycles. The molecule has 0 spiro atoms. The summed E-state index contributed by atoms with van der Waals surface area (Å²) in [6, 6.07) is 0. The predicted molar refractivity (Wildman–Crippen MR) is 65.0 cm³/mol. The highest BCUT2D eigenvalue weighted by atomic mass is 19.4. The van der Waals surface area contributed by atoms with Crippen LogP contribution in [0, 0.1) is 0 Å². The van der Waals surface area contributed by atoms with Crippen LogP contribution in [0.4, 0.5) is 13.2 Å². The maximum atomic E-state index is 13.1. The number of ether oxygens (including phenoxy) is 1. The molecular weight excluding hydrogens is 307 g/mol. The molecule has 0 fully saturated rings. The summed E-state index contributed by atoms with van der Waals surface area (Å²) in [6.45, 7) is 2.24. The second-order valence-corrected chi connectivity index (χ2v) is 5.13. The highest BCUT2D eigenvalue weighted by Crippen LogP contribution is 2.37. The standard InChI is InChI=1S/C12H12F3N3O4/c1-11(2,20)6-18-9(12(13,14)15)8(4-16-18)22-10(19)7-3-17-21-5-7/h3-5,20H,6H2,1-2H3. The summed E-state index contributed by atoms with van der Waals surface area (Å²) in [5.74, 6) is -1.82. The Balaban J connectivity index is 2.34. The molecule has 2 aromatic rings. The summed E-state index contributed by atoms with van der Waals surface area (Å²) in [5, 5.41) is 16.4. The largest absolute Gasteiger partial charge is 0.436 e. The molecule has 0 atom stereocenters. The number of hydrogen-bond donors (Lipinski definition) is 1. The molecule has 0 aliphatic heterocycles. The number of nitrogens with zero attached hydrogens (tertiary/aromatic N) is 3. The van der Waals surface area contributed by atoms with Crippen LogP contribution >= 0.6 is 0 Å². The maximum Gasteiger partial charge on any atom is 0.436 e. The number of esters is 1. The van der Waals surface area contributed by atoms with E-state index in [2.05, 4.69) is 19.5 Å². The highest BCUT2D eigenvalue weighted by Gasteiger charge is 2.41. The van der Waals surface area contributed by atoms with Gasteiger partial charge in [-0.3, -0.25) is 4.68 Å². The highest BCUT2D eigenvalue weighted by molar-refractivity contribution is 5.90. The number of rotatable bonds is 4. The van der Waals surface area contributed by atoms with Gasteiger partial charge in [-0.25, -0.2) is 4.79 Å². The van der Waals surface area contributed by atoms with Crippen LogP contribution in [0.2, 0.25) is 0 Å². The Morgan fingerprint density at radius 2 is 2.09 bits per heavy atom. The molecule has 22 heavy (non-hydrogen) atoms. The van der Waals surface area contributed by atoms with Gasteiger partial charge in [0.15, 0.2) is 11.4 Å². The Hall–Kier alpha value is -2.36. The molecule has 0 aliphatic carbocycles. The number of alkyl halides is 3. The van der Waals surface area contributed by atoms with Gasteiger partial charge in [-0.05, 0) is 13.8 Å². The summed E-state index contributed by atoms with van der Waals surface area (Å²) in [6.07, 6.45) is -2.10. The number of hydrogen-bond acceptors (Lipinski definition) is 6. The smallest absolute Gasteiger partial charge is 0.419 e. The van der Waals surface area contributed by atoms with Gasteiger partial charge in [-0.2, -0.15) is 18.3 Å². The van der Waals surface area contributed by atoms with Gasteiger partial charge in [-0.15, -0.1) is 0 Å². The van der Waals surface area contributed by atoms with Gasteiger partial charge >= 0.3 is 12.1 Å². The van der Waals surface area contributed by atoms with Crippen LogP contribution in [-0.2, 0) is 12.7 Å². The molecular formula is C12H12F3N3O4. The van der Waals surface area contributed by atoms with Gasteiger partial charge in [0.1, 0.15) is 11.8 Å². The van der Waals surface area contributed by atoms with E-state index in [-0.39, 0.29) is 5.56 Å². The number of halogens is 3. The Bertz CT molecular complexity index is 656. The summed E-state index contributed by atoms with van der Waals surface area (Å²) in [7, 11) is 0. The SMILES string of the molecule is CC(C)(O)Cn1ncc(OC(=O)c2cnoc2)c1C(F)(F)F. The van der Waals surface area contributed by atoms with Gasteiger partial charge in [-0.1, -0.05) is 5.16 Å². The molecule has 2 heterocycles. The molecule has 0 radical (unpaired) electrons. The minimum absolute atomic E-state index is 0.136. The van der Waals surface area contributed by atoms with Gasteiger partial charge in [0, 0.05) is 0 Å². The lowest BCUT2D eigenvalue weighted by molar-refractivity contribution is -0.146. The molecule has 0 saturated carbocycles. The van der Waals surface area contributed by atoms with Gasteiger partial charge in [0.05, 0.1) is 24.5 Å². The van der Waals surface area contributed by atoms with Crippen LogP contribution in [-0.4, -0.2) is 31.6 Å². The van der Waals surface area contributed by atoms with Crippen LogP contribution in [0.3, 0.4) is 0 Å². The van der Waals surface area contributed by atoms with E-state index in [4.69, 9.17) is 0 Å². The Morgan fingerprint density at radius 1 is 1.41 bits per heavy atom. The van der Waals surface area contributed by atoms with E-state index in [1.165, 1.54) is 13.8 Å². The van der Waals surface area contributed by atoms with Crippen molar-refractivity contribution in [3.63, 3.8) is 0 Å². The van der Waals surface area contributed by atoms with E-state index < -0.39 is 35.7 Å². The maximum absolute atomic E-state index is 13.1. The van der Waals surface area contributed by atoms with Crippen LogP contribution in [0.1, 0.15) is 29.9 Å². The fourth-order valence-electron chi connectivity index (χ4n) is 1.68. The third-order valence-corrected chi connectivity index (χ3v) is 2.48. The predicted octanol–water partition coefficient (Wildman–Crippen LogP) is 1.88. The first-order valence-electron chi connectivity index (χ1n) is 6.05. The number of carbonyl (C=O) groups excluding carboxylic acids is 1. The van der Waals surface area contributed by atoms with Gasteiger partial charge in [0.2, 0.25) is 0 Å². The minimum Gasteiger partial charge on any atom is -0.419 e. The van der Waals surface area contributed by atoms with Crippen molar-refractivity contribution in [1.29, 1.82) is 0 Å². The molecule has 0 saturated heterocycles. The molecule has 1 N–H and O–H groups in total.